The van der Waals surface area contributed by atoms with Gasteiger partial charge in [-0.25, -0.2) is 4.79 Å². The average molecular weight is 823 g/mol. The molecule has 8 heteroatoms. The lowest BCUT2D eigenvalue weighted by Gasteiger charge is -2.31. The lowest BCUT2D eigenvalue weighted by molar-refractivity contribution is -0.887. The Hall–Kier alpha value is -3.75. The number of carboxylic acids is 1. The Balaban J connectivity index is 4.41. The standard InChI is InChI=1S/C51H83NO7/c1-6-8-10-12-14-16-18-20-22-23-24-25-26-28-30-32-34-36-38-40-42-50(54)59-47(45-57-44-43-48(51(55)56)52(3,4)5)46-58-49(53)41-39-37-35-33-31-29-27-21-19-17-15-13-11-9-7-2/h8-11,13-17,19-20,22,24-25,28,30,47-48H,6-7,12,18,21,23,26-27,29,31-46H2,1-5H3/p+1/b10-8+,11-9+,15-13+,16-14+,19-17+,22-20+,25-24+,30-28+. The number of esters is 2. The Kier molecular flexibility index (Phi) is 38.4. The molecule has 0 aromatic heterocycles. The van der Waals surface area contributed by atoms with Gasteiger partial charge in [0.05, 0.1) is 34.4 Å². The van der Waals surface area contributed by atoms with E-state index in [4.69, 9.17) is 14.2 Å². The van der Waals surface area contributed by atoms with E-state index in [1.807, 2.05) is 21.1 Å². The number of quaternary nitrogens is 1. The van der Waals surface area contributed by atoms with E-state index < -0.39 is 18.1 Å². The van der Waals surface area contributed by atoms with Crippen molar-refractivity contribution in [1.82, 2.24) is 0 Å². The molecule has 0 fully saturated rings. The molecule has 0 aromatic carbocycles. The van der Waals surface area contributed by atoms with E-state index in [1.54, 1.807) is 0 Å². The molecular formula is C51H84NO7+. The summed E-state index contributed by atoms with van der Waals surface area (Å²) in [5.41, 5.74) is 0. The fourth-order valence-electron chi connectivity index (χ4n) is 6.06. The Morgan fingerprint density at radius 2 is 0.983 bits per heavy atom. The molecule has 2 atom stereocenters. The fourth-order valence-corrected chi connectivity index (χ4v) is 6.06. The van der Waals surface area contributed by atoms with Crippen molar-refractivity contribution >= 4 is 17.9 Å². The van der Waals surface area contributed by atoms with Gasteiger partial charge in [-0.1, -0.05) is 156 Å². The number of unbranched alkanes of at least 4 members (excludes halogenated alkanes) is 11. The smallest absolute Gasteiger partial charge is 0.362 e. The van der Waals surface area contributed by atoms with Gasteiger partial charge in [-0.05, 0) is 77.0 Å². The van der Waals surface area contributed by atoms with Crippen molar-refractivity contribution in [1.29, 1.82) is 0 Å². The molecule has 8 nitrogen and oxygen atoms in total. The molecule has 0 aliphatic heterocycles. The minimum absolute atomic E-state index is 0.0402. The highest BCUT2D eigenvalue weighted by atomic mass is 16.6. The minimum Gasteiger partial charge on any atom is -0.477 e. The maximum atomic E-state index is 12.7. The third-order valence-corrected chi connectivity index (χ3v) is 9.54. The van der Waals surface area contributed by atoms with E-state index in [1.165, 1.54) is 19.3 Å². The second-order valence-electron chi connectivity index (χ2n) is 16.0. The largest absolute Gasteiger partial charge is 0.477 e. The first kappa shape index (κ1) is 55.2. The Labute approximate surface area is 360 Å². The maximum Gasteiger partial charge on any atom is 0.362 e. The van der Waals surface area contributed by atoms with Gasteiger partial charge in [0.15, 0.2) is 12.1 Å². The first-order valence-electron chi connectivity index (χ1n) is 22.8. The molecule has 0 heterocycles. The van der Waals surface area contributed by atoms with Crippen molar-refractivity contribution in [3.8, 4) is 0 Å². The number of ether oxygens (including phenoxy) is 3. The van der Waals surface area contributed by atoms with E-state index >= 15 is 0 Å². The van der Waals surface area contributed by atoms with E-state index in [2.05, 4.69) is 111 Å². The Morgan fingerprint density at radius 1 is 0.525 bits per heavy atom. The highest BCUT2D eigenvalue weighted by molar-refractivity contribution is 5.72. The fraction of sp³-hybridized carbons (Fsp3) is 0.627. The van der Waals surface area contributed by atoms with Crippen molar-refractivity contribution in [3.05, 3.63) is 97.2 Å². The van der Waals surface area contributed by atoms with Crippen molar-refractivity contribution < 1.29 is 38.2 Å². The van der Waals surface area contributed by atoms with E-state index in [9.17, 15) is 19.5 Å². The summed E-state index contributed by atoms with van der Waals surface area (Å²) in [7, 11) is 5.50. The van der Waals surface area contributed by atoms with Crippen molar-refractivity contribution in [2.24, 2.45) is 0 Å². The third-order valence-electron chi connectivity index (χ3n) is 9.54. The average Bonchev–Trinajstić information content (AvgIpc) is 3.19. The van der Waals surface area contributed by atoms with Gasteiger partial charge in [-0.3, -0.25) is 9.59 Å². The zero-order valence-corrected chi connectivity index (χ0v) is 37.9. The van der Waals surface area contributed by atoms with Crippen LogP contribution < -0.4 is 0 Å². The minimum atomic E-state index is -0.886. The number of nitrogens with zero attached hydrogens (tertiary/aromatic N) is 1. The summed E-state index contributed by atoms with van der Waals surface area (Å²) in [4.78, 5) is 37.0. The van der Waals surface area contributed by atoms with Gasteiger partial charge >= 0.3 is 17.9 Å². The molecule has 0 aromatic rings. The van der Waals surface area contributed by atoms with Gasteiger partial charge in [-0.15, -0.1) is 0 Å². The summed E-state index contributed by atoms with van der Waals surface area (Å²) in [6.07, 6.45) is 54.5. The number of carbonyl (C=O) groups excluding carboxylic acids is 2. The second-order valence-corrected chi connectivity index (χ2v) is 16.0. The van der Waals surface area contributed by atoms with Gasteiger partial charge in [0.1, 0.15) is 6.61 Å². The van der Waals surface area contributed by atoms with E-state index in [0.717, 1.165) is 103 Å². The van der Waals surface area contributed by atoms with Gasteiger partial charge in [0.25, 0.3) is 0 Å². The SMILES string of the molecule is CC/C=C/C=C/C=C/CCCCCCCCCC(=O)OCC(COCCC(C(=O)O)[N+](C)(C)C)OC(=O)CCCCCC/C=C/C/C=C/C/C=C/C/C=C/C/C=C/CC. The van der Waals surface area contributed by atoms with Gasteiger partial charge < -0.3 is 23.8 Å². The summed E-state index contributed by atoms with van der Waals surface area (Å²) in [5.74, 6) is -1.53. The summed E-state index contributed by atoms with van der Waals surface area (Å²) in [6, 6.07) is -0.627. The van der Waals surface area contributed by atoms with Crippen LogP contribution in [0.4, 0.5) is 0 Å². The molecule has 0 saturated heterocycles. The van der Waals surface area contributed by atoms with Gasteiger partial charge in [-0.2, -0.15) is 0 Å². The van der Waals surface area contributed by atoms with Gasteiger partial charge in [0.2, 0.25) is 0 Å². The number of hydrogen-bond donors (Lipinski definition) is 1. The Morgan fingerprint density at radius 3 is 1.51 bits per heavy atom. The molecule has 0 amide bonds. The predicted molar refractivity (Wildman–Crippen MR) is 247 cm³/mol. The van der Waals surface area contributed by atoms with Crippen LogP contribution in [0.5, 0.6) is 0 Å². The summed E-state index contributed by atoms with van der Waals surface area (Å²) >= 11 is 0. The second kappa shape index (κ2) is 41.0. The lowest BCUT2D eigenvalue weighted by atomic mass is 10.1. The van der Waals surface area contributed by atoms with Crippen molar-refractivity contribution in [2.75, 3.05) is 41.0 Å². The summed E-state index contributed by atoms with van der Waals surface area (Å²) in [6.45, 7) is 4.43. The topological polar surface area (TPSA) is 99.1 Å². The van der Waals surface area contributed by atoms with Crippen LogP contribution in [0.15, 0.2) is 97.2 Å². The number of hydrogen-bond acceptors (Lipinski definition) is 6. The zero-order chi connectivity index (χ0) is 43.5. The molecular weight excluding hydrogens is 739 g/mol. The van der Waals surface area contributed by atoms with Crippen LogP contribution in [-0.2, 0) is 28.6 Å². The van der Waals surface area contributed by atoms with Crippen LogP contribution in [0, 0.1) is 0 Å². The van der Waals surface area contributed by atoms with Crippen LogP contribution in [-0.4, -0.2) is 80.6 Å². The number of allylic oxidation sites excluding steroid dienone is 16. The summed E-state index contributed by atoms with van der Waals surface area (Å²) in [5, 5.41) is 9.63. The molecule has 0 radical (unpaired) electrons. The molecule has 2 unspecified atom stereocenters. The van der Waals surface area contributed by atoms with Crippen LogP contribution >= 0.6 is 0 Å². The molecule has 59 heavy (non-hydrogen) atoms. The number of likely N-dealkylation sites (N-methyl/N-ethyl adjacent to an activating group) is 1. The van der Waals surface area contributed by atoms with Crippen LogP contribution in [0.3, 0.4) is 0 Å². The molecule has 1 N–H and O–H groups in total. The first-order chi connectivity index (χ1) is 28.6. The molecule has 0 saturated carbocycles. The molecule has 334 valence electrons. The number of carbonyl (C=O) groups is 3. The maximum absolute atomic E-state index is 12.7. The van der Waals surface area contributed by atoms with Crippen molar-refractivity contribution in [3.63, 3.8) is 0 Å². The first-order valence-corrected chi connectivity index (χ1v) is 22.8. The molecule has 0 spiro atoms. The van der Waals surface area contributed by atoms with Crippen LogP contribution in [0.25, 0.3) is 0 Å². The van der Waals surface area contributed by atoms with Crippen LogP contribution in [0.1, 0.15) is 155 Å². The molecule has 0 aliphatic carbocycles. The third kappa shape index (κ3) is 39.5. The lowest BCUT2D eigenvalue weighted by Crippen LogP contribution is -2.50. The number of rotatable bonds is 39. The molecule has 0 aliphatic rings. The predicted octanol–water partition coefficient (Wildman–Crippen LogP) is 12.7. The normalized spacial score (nSPS) is 13.8. The Bertz CT molecular complexity index is 1280. The number of aliphatic carboxylic acids is 1. The van der Waals surface area contributed by atoms with E-state index in [0.29, 0.717) is 19.3 Å². The number of carboxylic acid groups (broad SMARTS) is 1. The summed E-state index contributed by atoms with van der Waals surface area (Å²) < 4.78 is 17.3. The monoisotopic (exact) mass is 823 g/mol. The highest BCUT2D eigenvalue weighted by Gasteiger charge is 2.31. The zero-order valence-electron chi connectivity index (χ0n) is 37.9. The molecule has 0 rings (SSSR count). The van der Waals surface area contributed by atoms with Gasteiger partial charge in [0, 0.05) is 19.3 Å². The highest BCUT2D eigenvalue weighted by Crippen LogP contribution is 2.13. The molecule has 0 bridgehead atoms. The van der Waals surface area contributed by atoms with E-state index in [-0.39, 0.29) is 36.2 Å². The quantitative estimate of drug-likeness (QED) is 0.0217. The van der Waals surface area contributed by atoms with Crippen molar-refractivity contribution in [2.45, 2.75) is 167 Å². The van der Waals surface area contributed by atoms with Crippen LogP contribution in [0.2, 0.25) is 0 Å².